The Kier molecular flexibility index (Phi) is 12.1. The fraction of sp³-hybridized carbons (Fsp3) is 0.579. The van der Waals surface area contributed by atoms with Crippen molar-refractivity contribution in [1.82, 2.24) is 5.32 Å². The molecule has 0 aromatic heterocycles. The highest BCUT2D eigenvalue weighted by Gasteiger charge is 2.05. The molecule has 0 unspecified atom stereocenters. The highest BCUT2D eigenvalue weighted by molar-refractivity contribution is 6.27. The van der Waals surface area contributed by atoms with Crippen LogP contribution in [0.2, 0.25) is 0 Å². The lowest BCUT2D eigenvalue weighted by molar-refractivity contribution is -0.159. The van der Waals surface area contributed by atoms with Crippen LogP contribution in [0.5, 0.6) is 5.75 Å². The monoisotopic (exact) mass is 353 g/mol. The number of carbonyl (C=O) groups is 2. The molecule has 0 bridgehead atoms. The number of hydrogen-bond acceptors (Lipinski definition) is 4. The Balaban J connectivity index is 0.000000823. The third-order valence-corrected chi connectivity index (χ3v) is 3.52. The second kappa shape index (κ2) is 13.2. The molecule has 0 aliphatic carbocycles. The molecular weight excluding hydrogens is 322 g/mol. The summed E-state index contributed by atoms with van der Waals surface area (Å²) in [7, 11) is 0. The van der Waals surface area contributed by atoms with Crippen LogP contribution in [-0.2, 0) is 9.59 Å². The number of nitrogens with one attached hydrogen (secondary N) is 1. The normalized spacial score (nSPS) is 10.1. The van der Waals surface area contributed by atoms with Gasteiger partial charge in [0.25, 0.3) is 0 Å². The number of ether oxygens (including phenoxy) is 1. The van der Waals surface area contributed by atoms with Crippen LogP contribution in [0.15, 0.2) is 18.2 Å². The number of unbranched alkanes of at least 4 members (excludes halogenated alkanes) is 1. The van der Waals surface area contributed by atoms with Gasteiger partial charge in [0.15, 0.2) is 0 Å². The summed E-state index contributed by atoms with van der Waals surface area (Å²) in [5.41, 5.74) is 2.74. The van der Waals surface area contributed by atoms with Crippen molar-refractivity contribution in [3.63, 3.8) is 0 Å². The molecule has 3 N–H and O–H groups in total. The number of aliphatic carboxylic acids is 2. The standard InChI is InChI=1S/C17H29NO.C2H2O4/c1-5-6-10-18-11-7-12-19-16-8-9-17(14(2)3)15(4)13-16;3-1(4)2(5)6/h8-9,13-14,18H,5-7,10-12H2,1-4H3;(H,3,4)(H,5,6). The molecule has 6 heteroatoms. The lowest BCUT2D eigenvalue weighted by Gasteiger charge is -2.12. The van der Waals surface area contributed by atoms with Crippen molar-refractivity contribution in [1.29, 1.82) is 0 Å². The zero-order chi connectivity index (χ0) is 19.2. The van der Waals surface area contributed by atoms with E-state index in [-0.39, 0.29) is 0 Å². The average Bonchev–Trinajstić information content (AvgIpc) is 2.54. The summed E-state index contributed by atoms with van der Waals surface area (Å²) in [6.07, 6.45) is 3.58. The van der Waals surface area contributed by atoms with Crippen LogP contribution in [0.1, 0.15) is 57.1 Å². The number of carboxylic acids is 2. The maximum Gasteiger partial charge on any atom is 0.414 e. The summed E-state index contributed by atoms with van der Waals surface area (Å²) >= 11 is 0. The first-order chi connectivity index (χ1) is 11.8. The number of carboxylic acid groups (broad SMARTS) is 2. The smallest absolute Gasteiger partial charge is 0.414 e. The minimum absolute atomic E-state index is 0.580. The second-order valence-electron chi connectivity index (χ2n) is 6.09. The molecule has 0 atom stereocenters. The maximum atomic E-state index is 9.10. The lowest BCUT2D eigenvalue weighted by Crippen LogP contribution is -2.18. The van der Waals surface area contributed by atoms with Gasteiger partial charge in [-0.2, -0.15) is 0 Å². The minimum atomic E-state index is -1.82. The highest BCUT2D eigenvalue weighted by Crippen LogP contribution is 2.23. The van der Waals surface area contributed by atoms with Gasteiger partial charge in [-0.3, -0.25) is 0 Å². The first kappa shape index (κ1) is 22.9. The van der Waals surface area contributed by atoms with Crippen LogP contribution >= 0.6 is 0 Å². The molecule has 0 fully saturated rings. The number of rotatable bonds is 9. The van der Waals surface area contributed by atoms with E-state index in [9.17, 15) is 0 Å². The van der Waals surface area contributed by atoms with Crippen LogP contribution in [0, 0.1) is 6.92 Å². The van der Waals surface area contributed by atoms with Gasteiger partial charge in [0, 0.05) is 0 Å². The molecule has 6 nitrogen and oxygen atoms in total. The van der Waals surface area contributed by atoms with Crippen LogP contribution in [0.25, 0.3) is 0 Å². The van der Waals surface area contributed by atoms with Crippen LogP contribution in [-0.4, -0.2) is 41.8 Å². The molecule has 0 radical (unpaired) electrons. The first-order valence-corrected chi connectivity index (χ1v) is 8.69. The molecule has 1 aromatic rings. The van der Waals surface area contributed by atoms with Gasteiger partial charge < -0.3 is 20.3 Å². The summed E-state index contributed by atoms with van der Waals surface area (Å²) < 4.78 is 5.79. The largest absolute Gasteiger partial charge is 0.494 e. The summed E-state index contributed by atoms with van der Waals surface area (Å²) in [5, 5.41) is 18.2. The Morgan fingerprint density at radius 3 is 2.20 bits per heavy atom. The summed E-state index contributed by atoms with van der Waals surface area (Å²) in [6, 6.07) is 6.43. The molecule has 25 heavy (non-hydrogen) atoms. The van der Waals surface area contributed by atoms with Crippen molar-refractivity contribution < 1.29 is 24.5 Å². The van der Waals surface area contributed by atoms with E-state index in [0.29, 0.717) is 5.92 Å². The van der Waals surface area contributed by atoms with Crippen LogP contribution in [0.4, 0.5) is 0 Å². The molecule has 142 valence electrons. The third-order valence-electron chi connectivity index (χ3n) is 3.52. The van der Waals surface area contributed by atoms with Crippen molar-refractivity contribution in [3.8, 4) is 5.75 Å². The lowest BCUT2D eigenvalue weighted by atomic mass is 9.98. The van der Waals surface area contributed by atoms with Gasteiger partial charge in [0.2, 0.25) is 0 Å². The van der Waals surface area contributed by atoms with Crippen LogP contribution < -0.4 is 10.1 Å². The fourth-order valence-corrected chi connectivity index (χ4v) is 2.20. The van der Waals surface area contributed by atoms with Crippen molar-refractivity contribution in [3.05, 3.63) is 29.3 Å². The Bertz CT molecular complexity index is 517. The number of hydrogen-bond donors (Lipinski definition) is 3. The van der Waals surface area contributed by atoms with E-state index in [1.165, 1.54) is 24.0 Å². The molecule has 0 spiro atoms. The van der Waals surface area contributed by atoms with Gasteiger partial charge in [-0.15, -0.1) is 0 Å². The third kappa shape index (κ3) is 11.2. The zero-order valence-corrected chi connectivity index (χ0v) is 15.7. The van der Waals surface area contributed by atoms with E-state index in [0.717, 1.165) is 31.9 Å². The Hall–Kier alpha value is -2.08. The quantitative estimate of drug-likeness (QED) is 0.465. The molecule has 0 amide bonds. The van der Waals surface area contributed by atoms with E-state index in [1.807, 2.05) is 0 Å². The van der Waals surface area contributed by atoms with Gasteiger partial charge in [-0.05, 0) is 62.0 Å². The number of aryl methyl sites for hydroxylation is 1. The molecule has 0 aliphatic heterocycles. The van der Waals surface area contributed by atoms with Gasteiger partial charge in [0.05, 0.1) is 6.61 Å². The topological polar surface area (TPSA) is 95.9 Å². The molecule has 1 rings (SSSR count). The number of benzene rings is 1. The predicted octanol–water partition coefficient (Wildman–Crippen LogP) is 3.43. The highest BCUT2D eigenvalue weighted by atomic mass is 16.5. The van der Waals surface area contributed by atoms with Gasteiger partial charge >= 0.3 is 11.9 Å². The summed E-state index contributed by atoms with van der Waals surface area (Å²) in [4.78, 5) is 18.2. The molecule has 0 saturated carbocycles. The molecule has 0 heterocycles. The van der Waals surface area contributed by atoms with Gasteiger partial charge in [-0.25, -0.2) is 9.59 Å². The molecular formula is C19H31NO5. The predicted molar refractivity (Wildman–Crippen MR) is 98.4 cm³/mol. The average molecular weight is 353 g/mol. The fourth-order valence-electron chi connectivity index (χ4n) is 2.20. The summed E-state index contributed by atoms with van der Waals surface area (Å²) in [6.45, 7) is 11.8. The SMILES string of the molecule is CCCCNCCCOc1ccc(C(C)C)c(C)c1.O=C(O)C(=O)O. The first-order valence-electron chi connectivity index (χ1n) is 8.69. The Morgan fingerprint density at radius 1 is 1.12 bits per heavy atom. The van der Waals surface area contributed by atoms with Gasteiger partial charge in [0.1, 0.15) is 5.75 Å². The maximum absolute atomic E-state index is 9.10. The van der Waals surface area contributed by atoms with Crippen molar-refractivity contribution in [2.45, 2.75) is 52.9 Å². The van der Waals surface area contributed by atoms with Crippen LogP contribution in [0.3, 0.4) is 0 Å². The van der Waals surface area contributed by atoms with E-state index in [2.05, 4.69) is 51.2 Å². The van der Waals surface area contributed by atoms with E-state index < -0.39 is 11.9 Å². The van der Waals surface area contributed by atoms with E-state index in [1.54, 1.807) is 0 Å². The van der Waals surface area contributed by atoms with E-state index >= 15 is 0 Å². The van der Waals surface area contributed by atoms with Crippen molar-refractivity contribution in [2.75, 3.05) is 19.7 Å². The Morgan fingerprint density at radius 2 is 1.72 bits per heavy atom. The molecule has 0 aliphatic rings. The molecule has 0 saturated heterocycles. The second-order valence-corrected chi connectivity index (χ2v) is 6.09. The van der Waals surface area contributed by atoms with Crippen molar-refractivity contribution >= 4 is 11.9 Å². The van der Waals surface area contributed by atoms with E-state index in [4.69, 9.17) is 24.5 Å². The molecule has 1 aromatic carbocycles. The van der Waals surface area contributed by atoms with Crippen molar-refractivity contribution in [2.24, 2.45) is 0 Å². The minimum Gasteiger partial charge on any atom is -0.494 e. The summed E-state index contributed by atoms with van der Waals surface area (Å²) in [5.74, 6) is -2.07. The zero-order valence-electron chi connectivity index (χ0n) is 15.7. The van der Waals surface area contributed by atoms with Gasteiger partial charge in [-0.1, -0.05) is 33.3 Å². The Labute approximate surface area is 150 Å².